The molecule has 0 bridgehead atoms. The molecular formula is C21H24N2O4S. The van der Waals surface area contributed by atoms with Gasteiger partial charge in [-0.25, -0.2) is 4.79 Å². The molecule has 7 heteroatoms. The van der Waals surface area contributed by atoms with Gasteiger partial charge in [0.25, 0.3) is 5.91 Å². The number of ketones is 1. The van der Waals surface area contributed by atoms with Crippen LogP contribution in [-0.4, -0.2) is 44.1 Å². The van der Waals surface area contributed by atoms with Gasteiger partial charge >= 0.3 is 5.97 Å². The van der Waals surface area contributed by atoms with Crippen LogP contribution in [0.5, 0.6) is 0 Å². The highest BCUT2D eigenvalue weighted by Gasteiger charge is 2.15. The Bertz CT molecular complexity index is 835. The summed E-state index contributed by atoms with van der Waals surface area (Å²) in [5.41, 5.74) is 2.38. The lowest BCUT2D eigenvalue weighted by Gasteiger charge is -2.13. The lowest BCUT2D eigenvalue weighted by atomic mass is 10.2. The zero-order chi connectivity index (χ0) is 20.5. The van der Waals surface area contributed by atoms with Crippen LogP contribution in [0.3, 0.4) is 0 Å². The van der Waals surface area contributed by atoms with Crippen LogP contribution in [0.4, 0.5) is 5.69 Å². The highest BCUT2D eigenvalue weighted by molar-refractivity contribution is 8.00. The van der Waals surface area contributed by atoms with E-state index in [4.69, 9.17) is 4.74 Å². The van der Waals surface area contributed by atoms with E-state index in [1.807, 2.05) is 43.3 Å². The lowest BCUT2D eigenvalue weighted by molar-refractivity contribution is -0.124. The molecule has 2 aromatic carbocycles. The predicted octanol–water partition coefficient (Wildman–Crippen LogP) is 2.91. The molecule has 1 N–H and O–H groups in total. The second kappa shape index (κ2) is 10.5. The number of rotatable bonds is 9. The number of thioether (sulfide) groups is 1. The first-order chi connectivity index (χ1) is 13.4. The molecule has 0 heterocycles. The van der Waals surface area contributed by atoms with Gasteiger partial charge in [-0.3, -0.25) is 9.59 Å². The summed E-state index contributed by atoms with van der Waals surface area (Å²) in [5.74, 6) is -0.667. The zero-order valence-electron chi connectivity index (χ0n) is 16.2. The van der Waals surface area contributed by atoms with E-state index >= 15 is 0 Å². The van der Waals surface area contributed by atoms with E-state index in [1.165, 1.54) is 18.7 Å². The van der Waals surface area contributed by atoms with Crippen molar-refractivity contribution in [2.75, 3.05) is 31.4 Å². The summed E-state index contributed by atoms with van der Waals surface area (Å²) in [5, 5.41) is 2.73. The van der Waals surface area contributed by atoms with Crippen LogP contribution < -0.4 is 10.2 Å². The second-order valence-corrected chi connectivity index (χ2v) is 7.42. The summed E-state index contributed by atoms with van der Waals surface area (Å²) < 4.78 is 5.12. The minimum atomic E-state index is -0.586. The van der Waals surface area contributed by atoms with Crippen LogP contribution in [0.15, 0.2) is 53.4 Å². The standard InChI is InChI=1S/C21H24N2O4S/c1-15(24)14-28-19-7-5-4-6-18(19)21(26)27-13-20(25)22-12-16-8-10-17(11-9-16)23(2)3/h4-11H,12-14H2,1-3H3,(H,22,25). The minimum absolute atomic E-state index is 0.0196. The SMILES string of the molecule is CC(=O)CSc1ccccc1C(=O)OCC(=O)NCc1ccc(N(C)C)cc1. The third kappa shape index (κ3) is 6.74. The van der Waals surface area contributed by atoms with Crippen molar-refractivity contribution in [2.45, 2.75) is 18.4 Å². The third-order valence-corrected chi connectivity index (χ3v) is 5.03. The average molecular weight is 401 g/mol. The van der Waals surface area contributed by atoms with E-state index in [0.717, 1.165) is 11.3 Å². The Kier molecular flexibility index (Phi) is 8.07. The monoisotopic (exact) mass is 400 g/mol. The number of Topliss-reactive ketones (excluding diaryl/α,β-unsaturated/α-hetero) is 1. The van der Waals surface area contributed by atoms with Crippen LogP contribution >= 0.6 is 11.8 Å². The van der Waals surface area contributed by atoms with E-state index in [1.54, 1.807) is 24.3 Å². The number of nitrogens with one attached hydrogen (secondary N) is 1. The van der Waals surface area contributed by atoms with Gasteiger partial charge in [-0.15, -0.1) is 11.8 Å². The first-order valence-corrected chi connectivity index (χ1v) is 9.76. The predicted molar refractivity (Wildman–Crippen MR) is 111 cm³/mol. The number of carbonyl (C=O) groups excluding carboxylic acids is 3. The number of benzene rings is 2. The Balaban J connectivity index is 1.84. The molecular weight excluding hydrogens is 376 g/mol. The number of hydrogen-bond donors (Lipinski definition) is 1. The normalized spacial score (nSPS) is 10.2. The molecule has 0 aliphatic carbocycles. The molecule has 0 fully saturated rings. The van der Waals surface area contributed by atoms with Crippen LogP contribution in [0.25, 0.3) is 0 Å². The fourth-order valence-corrected chi connectivity index (χ4v) is 3.15. The quantitative estimate of drug-likeness (QED) is 0.515. The van der Waals surface area contributed by atoms with Crippen LogP contribution in [0.2, 0.25) is 0 Å². The second-order valence-electron chi connectivity index (χ2n) is 6.40. The highest BCUT2D eigenvalue weighted by Crippen LogP contribution is 2.23. The van der Waals surface area contributed by atoms with Crippen molar-refractivity contribution >= 4 is 35.1 Å². The molecule has 0 unspecified atom stereocenters. The molecule has 0 atom stereocenters. The minimum Gasteiger partial charge on any atom is -0.452 e. The fraction of sp³-hybridized carbons (Fsp3) is 0.286. The highest BCUT2D eigenvalue weighted by atomic mass is 32.2. The number of ether oxygens (including phenoxy) is 1. The van der Waals surface area contributed by atoms with Crippen molar-refractivity contribution < 1.29 is 19.1 Å². The Labute approximate surface area is 169 Å². The maximum Gasteiger partial charge on any atom is 0.339 e. The number of esters is 1. The first kappa shape index (κ1) is 21.5. The maximum absolute atomic E-state index is 12.3. The maximum atomic E-state index is 12.3. The van der Waals surface area contributed by atoms with Gasteiger partial charge in [0.05, 0.1) is 11.3 Å². The molecule has 2 rings (SSSR count). The van der Waals surface area contributed by atoms with Gasteiger partial charge < -0.3 is 15.0 Å². The van der Waals surface area contributed by atoms with E-state index in [9.17, 15) is 14.4 Å². The fourth-order valence-electron chi connectivity index (χ4n) is 2.31. The average Bonchev–Trinajstić information content (AvgIpc) is 2.69. The number of nitrogens with zero attached hydrogens (tertiary/aromatic N) is 1. The Morgan fingerprint density at radius 2 is 1.71 bits per heavy atom. The molecule has 1 amide bonds. The van der Waals surface area contributed by atoms with E-state index in [0.29, 0.717) is 17.0 Å². The van der Waals surface area contributed by atoms with Gasteiger partial charge in [0.2, 0.25) is 0 Å². The third-order valence-electron chi connectivity index (χ3n) is 3.81. The van der Waals surface area contributed by atoms with Gasteiger partial charge in [0, 0.05) is 31.2 Å². The summed E-state index contributed by atoms with van der Waals surface area (Å²) >= 11 is 1.27. The van der Waals surface area contributed by atoms with Crippen molar-refractivity contribution in [1.29, 1.82) is 0 Å². The van der Waals surface area contributed by atoms with Crippen LogP contribution in [-0.2, 0) is 20.9 Å². The smallest absolute Gasteiger partial charge is 0.339 e. The molecule has 0 saturated heterocycles. The topological polar surface area (TPSA) is 75.7 Å². The van der Waals surface area contributed by atoms with Crippen LogP contribution in [0, 0.1) is 0 Å². The molecule has 0 aliphatic heterocycles. The molecule has 148 valence electrons. The summed E-state index contributed by atoms with van der Waals surface area (Å²) in [4.78, 5) is 38.1. The molecule has 0 radical (unpaired) electrons. The van der Waals surface area contributed by atoms with Crippen molar-refractivity contribution in [2.24, 2.45) is 0 Å². The van der Waals surface area contributed by atoms with Gasteiger partial charge in [0.1, 0.15) is 5.78 Å². The largest absolute Gasteiger partial charge is 0.452 e. The number of anilines is 1. The van der Waals surface area contributed by atoms with Gasteiger partial charge in [-0.1, -0.05) is 24.3 Å². The molecule has 0 spiro atoms. The molecule has 0 aromatic heterocycles. The van der Waals surface area contributed by atoms with Crippen molar-refractivity contribution in [3.05, 3.63) is 59.7 Å². The molecule has 6 nitrogen and oxygen atoms in total. The van der Waals surface area contributed by atoms with Gasteiger partial charge in [-0.05, 0) is 36.8 Å². The number of amides is 1. The van der Waals surface area contributed by atoms with Crippen molar-refractivity contribution in [3.63, 3.8) is 0 Å². The Hall–Kier alpha value is -2.80. The van der Waals surface area contributed by atoms with E-state index in [-0.39, 0.29) is 24.1 Å². The molecule has 28 heavy (non-hydrogen) atoms. The van der Waals surface area contributed by atoms with E-state index < -0.39 is 5.97 Å². The Morgan fingerprint density at radius 3 is 2.36 bits per heavy atom. The number of carbonyl (C=O) groups is 3. The van der Waals surface area contributed by atoms with E-state index in [2.05, 4.69) is 5.32 Å². The van der Waals surface area contributed by atoms with Crippen molar-refractivity contribution in [3.8, 4) is 0 Å². The van der Waals surface area contributed by atoms with Crippen LogP contribution in [0.1, 0.15) is 22.8 Å². The van der Waals surface area contributed by atoms with Gasteiger partial charge in [-0.2, -0.15) is 0 Å². The summed E-state index contributed by atoms with van der Waals surface area (Å²) in [6, 6.07) is 14.7. The Morgan fingerprint density at radius 1 is 1.04 bits per heavy atom. The molecule has 0 aliphatic rings. The van der Waals surface area contributed by atoms with Crippen molar-refractivity contribution in [1.82, 2.24) is 5.32 Å². The first-order valence-electron chi connectivity index (χ1n) is 8.78. The summed E-state index contributed by atoms with van der Waals surface area (Å²) in [7, 11) is 3.92. The molecule has 2 aromatic rings. The summed E-state index contributed by atoms with van der Waals surface area (Å²) in [6.07, 6.45) is 0. The molecule has 0 saturated carbocycles. The number of hydrogen-bond acceptors (Lipinski definition) is 6. The lowest BCUT2D eigenvalue weighted by Crippen LogP contribution is -2.28. The summed E-state index contributed by atoms with van der Waals surface area (Å²) in [6.45, 7) is 1.49. The van der Waals surface area contributed by atoms with Gasteiger partial charge in [0.15, 0.2) is 6.61 Å². The zero-order valence-corrected chi connectivity index (χ0v) is 17.0.